The highest BCUT2D eigenvalue weighted by Gasteiger charge is 2.31. The number of rotatable bonds is 5. The van der Waals surface area contributed by atoms with E-state index >= 15 is 0 Å². The van der Waals surface area contributed by atoms with Gasteiger partial charge in [0.1, 0.15) is 11.6 Å². The third kappa shape index (κ3) is 4.85. The fourth-order valence-corrected chi connectivity index (χ4v) is 2.85. The molecule has 5 nitrogen and oxygen atoms in total. The number of hydrogen-bond donors (Lipinski definition) is 1. The number of benzene rings is 1. The van der Waals surface area contributed by atoms with Gasteiger partial charge >= 0.3 is 6.36 Å². The Morgan fingerprint density at radius 1 is 1.08 bits per heavy atom. The van der Waals surface area contributed by atoms with Crippen molar-refractivity contribution in [3.05, 3.63) is 48.2 Å². The van der Waals surface area contributed by atoms with E-state index in [9.17, 15) is 21.6 Å². The molecule has 0 radical (unpaired) electrons. The number of hydrogen-bond acceptors (Lipinski definition) is 4. The lowest BCUT2D eigenvalue weighted by molar-refractivity contribution is -0.274. The molecular weight excluding hydrogens is 345 g/mol. The van der Waals surface area contributed by atoms with E-state index in [1.54, 1.807) is 12.1 Å². The first-order valence-corrected chi connectivity index (χ1v) is 8.41. The van der Waals surface area contributed by atoms with E-state index in [1.807, 2.05) is 13.8 Å². The Morgan fingerprint density at radius 3 is 2.25 bits per heavy atom. The predicted molar refractivity (Wildman–Crippen MR) is 82.3 cm³/mol. The van der Waals surface area contributed by atoms with E-state index in [0.29, 0.717) is 5.69 Å². The molecule has 0 atom stereocenters. The summed E-state index contributed by atoms with van der Waals surface area (Å²) in [6, 6.07) is 8.84. The zero-order valence-corrected chi connectivity index (χ0v) is 13.6. The Hall–Kier alpha value is -2.29. The van der Waals surface area contributed by atoms with E-state index in [-0.39, 0.29) is 16.6 Å². The van der Waals surface area contributed by atoms with Crippen LogP contribution in [-0.2, 0) is 10.0 Å². The Bertz CT molecular complexity index is 803. The SMILES string of the molecule is CC(C)c1cccc(NS(=O)(=O)c2ccc(OC(F)(F)F)cc2)n1. The Balaban J connectivity index is 2.20. The zero-order chi connectivity index (χ0) is 18.0. The summed E-state index contributed by atoms with van der Waals surface area (Å²) in [5.74, 6) is -0.244. The topological polar surface area (TPSA) is 68.3 Å². The number of alkyl halides is 3. The number of sulfonamides is 1. The lowest BCUT2D eigenvalue weighted by Gasteiger charge is -2.11. The van der Waals surface area contributed by atoms with Gasteiger partial charge in [0, 0.05) is 5.69 Å². The van der Waals surface area contributed by atoms with Gasteiger partial charge < -0.3 is 4.74 Å². The quantitative estimate of drug-likeness (QED) is 0.878. The van der Waals surface area contributed by atoms with Crippen LogP contribution < -0.4 is 9.46 Å². The Labute approximate surface area is 137 Å². The lowest BCUT2D eigenvalue weighted by Crippen LogP contribution is -2.17. The van der Waals surface area contributed by atoms with Crippen molar-refractivity contribution in [1.29, 1.82) is 0 Å². The summed E-state index contributed by atoms with van der Waals surface area (Å²) in [6.07, 6.45) is -4.83. The van der Waals surface area contributed by atoms with E-state index in [1.165, 1.54) is 6.07 Å². The van der Waals surface area contributed by atoms with Gasteiger partial charge in [0.05, 0.1) is 4.90 Å². The molecule has 2 aromatic rings. The fourth-order valence-electron chi connectivity index (χ4n) is 1.85. The average molecular weight is 360 g/mol. The van der Waals surface area contributed by atoms with Gasteiger partial charge in [-0.15, -0.1) is 13.2 Å². The molecule has 0 unspecified atom stereocenters. The standard InChI is InChI=1S/C15H15F3N2O3S/c1-10(2)13-4-3-5-14(19-13)20-24(21,22)12-8-6-11(7-9-12)23-15(16,17)18/h3-10H,1-2H3,(H,19,20). The van der Waals surface area contributed by atoms with Crippen molar-refractivity contribution in [3.8, 4) is 5.75 Å². The highest BCUT2D eigenvalue weighted by atomic mass is 32.2. The molecule has 0 aliphatic rings. The lowest BCUT2D eigenvalue weighted by atomic mass is 10.1. The van der Waals surface area contributed by atoms with E-state index < -0.39 is 22.1 Å². The summed E-state index contributed by atoms with van der Waals surface area (Å²) >= 11 is 0. The van der Waals surface area contributed by atoms with Crippen LogP contribution in [0.1, 0.15) is 25.5 Å². The minimum atomic E-state index is -4.83. The molecule has 0 fully saturated rings. The highest BCUT2D eigenvalue weighted by Crippen LogP contribution is 2.24. The average Bonchev–Trinajstić information content (AvgIpc) is 2.46. The van der Waals surface area contributed by atoms with E-state index in [4.69, 9.17) is 0 Å². The zero-order valence-electron chi connectivity index (χ0n) is 12.8. The third-order valence-corrected chi connectivity index (χ3v) is 4.34. The van der Waals surface area contributed by atoms with Crippen LogP contribution >= 0.6 is 0 Å². The molecule has 0 spiro atoms. The maximum atomic E-state index is 12.3. The van der Waals surface area contributed by atoms with Crippen molar-refractivity contribution >= 4 is 15.8 Å². The maximum absolute atomic E-state index is 12.3. The van der Waals surface area contributed by atoms with Crippen molar-refractivity contribution in [1.82, 2.24) is 4.98 Å². The van der Waals surface area contributed by atoms with Crippen LogP contribution in [0.15, 0.2) is 47.4 Å². The number of anilines is 1. The normalized spacial score (nSPS) is 12.2. The van der Waals surface area contributed by atoms with Gasteiger partial charge in [-0.3, -0.25) is 4.72 Å². The Morgan fingerprint density at radius 2 is 1.71 bits per heavy atom. The van der Waals surface area contributed by atoms with Gasteiger partial charge in [-0.05, 0) is 42.3 Å². The smallest absolute Gasteiger partial charge is 0.406 e. The number of pyridine rings is 1. The van der Waals surface area contributed by atoms with E-state index in [2.05, 4.69) is 14.4 Å². The number of aromatic nitrogens is 1. The van der Waals surface area contributed by atoms with Crippen LogP contribution in [0, 0.1) is 0 Å². The van der Waals surface area contributed by atoms with Crippen molar-refractivity contribution in [2.45, 2.75) is 31.0 Å². The fraction of sp³-hybridized carbons (Fsp3) is 0.267. The summed E-state index contributed by atoms with van der Waals surface area (Å²) in [5.41, 5.74) is 0.712. The molecule has 1 aromatic carbocycles. The second-order valence-corrected chi connectivity index (χ2v) is 6.91. The minimum absolute atomic E-state index is 0.119. The number of nitrogens with one attached hydrogen (secondary N) is 1. The summed E-state index contributed by atoms with van der Waals surface area (Å²) < 4.78 is 66.8. The van der Waals surface area contributed by atoms with Crippen LogP contribution in [0.25, 0.3) is 0 Å². The monoisotopic (exact) mass is 360 g/mol. The van der Waals surface area contributed by atoms with Crippen molar-refractivity contribution in [2.75, 3.05) is 4.72 Å². The predicted octanol–water partition coefficient (Wildman–Crippen LogP) is 3.90. The van der Waals surface area contributed by atoms with Crippen LogP contribution in [0.2, 0.25) is 0 Å². The number of ether oxygens (including phenoxy) is 1. The van der Waals surface area contributed by atoms with Gasteiger partial charge in [0.2, 0.25) is 0 Å². The molecule has 24 heavy (non-hydrogen) atoms. The molecule has 130 valence electrons. The number of halogens is 3. The van der Waals surface area contributed by atoms with Crippen LogP contribution in [0.4, 0.5) is 19.0 Å². The summed E-state index contributed by atoms with van der Waals surface area (Å²) in [7, 11) is -3.97. The summed E-state index contributed by atoms with van der Waals surface area (Å²) in [5, 5.41) is 0. The van der Waals surface area contributed by atoms with Crippen molar-refractivity contribution in [3.63, 3.8) is 0 Å². The molecule has 1 aromatic heterocycles. The summed E-state index contributed by atoms with van der Waals surface area (Å²) in [6.45, 7) is 3.83. The first-order chi connectivity index (χ1) is 11.1. The van der Waals surface area contributed by atoms with Gasteiger partial charge in [-0.2, -0.15) is 0 Å². The molecule has 0 bridgehead atoms. The molecular formula is C15H15F3N2O3S. The first-order valence-electron chi connectivity index (χ1n) is 6.92. The second kappa shape index (κ2) is 6.68. The summed E-state index contributed by atoms with van der Waals surface area (Å²) in [4.78, 5) is 3.99. The molecule has 2 rings (SSSR count). The van der Waals surface area contributed by atoms with Gasteiger partial charge in [-0.25, -0.2) is 13.4 Å². The minimum Gasteiger partial charge on any atom is -0.406 e. The molecule has 0 saturated carbocycles. The van der Waals surface area contributed by atoms with Crippen molar-refractivity contribution < 1.29 is 26.3 Å². The Kier molecular flexibility index (Phi) is 5.02. The molecule has 0 aliphatic heterocycles. The van der Waals surface area contributed by atoms with E-state index in [0.717, 1.165) is 24.3 Å². The van der Waals surface area contributed by atoms with Crippen LogP contribution in [0.3, 0.4) is 0 Å². The largest absolute Gasteiger partial charge is 0.573 e. The van der Waals surface area contributed by atoms with Gasteiger partial charge in [0.25, 0.3) is 10.0 Å². The highest BCUT2D eigenvalue weighted by molar-refractivity contribution is 7.92. The molecule has 0 aliphatic carbocycles. The number of nitrogens with zero attached hydrogens (tertiary/aromatic N) is 1. The first kappa shape index (κ1) is 18.1. The molecule has 1 heterocycles. The molecule has 0 saturated heterocycles. The van der Waals surface area contributed by atoms with Crippen LogP contribution in [0.5, 0.6) is 5.75 Å². The van der Waals surface area contributed by atoms with Gasteiger partial charge in [-0.1, -0.05) is 19.9 Å². The van der Waals surface area contributed by atoms with Gasteiger partial charge in [0.15, 0.2) is 0 Å². The molecule has 1 N–H and O–H groups in total. The van der Waals surface area contributed by atoms with Crippen LogP contribution in [-0.4, -0.2) is 19.8 Å². The van der Waals surface area contributed by atoms with Crippen molar-refractivity contribution in [2.24, 2.45) is 0 Å². The second-order valence-electron chi connectivity index (χ2n) is 5.23. The molecule has 0 amide bonds. The molecule has 9 heteroatoms. The maximum Gasteiger partial charge on any atom is 0.573 e. The third-order valence-electron chi connectivity index (χ3n) is 2.97.